The molecule has 0 saturated carbocycles. The zero-order chi connectivity index (χ0) is 21.6. The number of fused-ring (bicyclic) bond motifs is 3. The van der Waals surface area contributed by atoms with Gasteiger partial charge >= 0.3 is 6.03 Å². The van der Waals surface area contributed by atoms with Crippen LogP contribution in [0, 0.1) is 23.3 Å². The average Bonchev–Trinajstić information content (AvgIpc) is 2.71. The van der Waals surface area contributed by atoms with Crippen molar-refractivity contribution in [3.05, 3.63) is 75.2 Å². The predicted octanol–water partition coefficient (Wildman–Crippen LogP) is 4.63. The molecule has 1 aromatic heterocycles. The Hall–Kier alpha value is -3.36. The van der Waals surface area contributed by atoms with Gasteiger partial charge in [0.25, 0.3) is 5.56 Å². The number of hydrogen-bond donors (Lipinski definition) is 2. The Morgan fingerprint density at radius 1 is 1.10 bits per heavy atom. The lowest BCUT2D eigenvalue weighted by Gasteiger charge is -2.34. The smallest absolute Gasteiger partial charge is 0.322 e. The van der Waals surface area contributed by atoms with E-state index in [1.807, 2.05) is 0 Å². The van der Waals surface area contributed by atoms with E-state index in [9.17, 15) is 27.2 Å². The molecule has 9 heteroatoms. The lowest BCUT2D eigenvalue weighted by molar-refractivity contribution is 0.197. The molecule has 30 heavy (non-hydrogen) atoms. The minimum absolute atomic E-state index is 0.178. The number of nitrogens with one attached hydrogen (secondary N) is 2. The van der Waals surface area contributed by atoms with Crippen molar-refractivity contribution in [2.75, 3.05) is 12.4 Å². The van der Waals surface area contributed by atoms with Gasteiger partial charge in [-0.1, -0.05) is 6.07 Å². The average molecular weight is 419 g/mol. The first-order chi connectivity index (χ1) is 14.3. The van der Waals surface area contributed by atoms with Crippen LogP contribution in [-0.4, -0.2) is 23.0 Å². The van der Waals surface area contributed by atoms with Crippen LogP contribution in [0.3, 0.4) is 0 Å². The summed E-state index contributed by atoms with van der Waals surface area (Å²) in [4.78, 5) is 29.2. The van der Waals surface area contributed by atoms with Crippen LogP contribution < -0.4 is 10.9 Å². The molecule has 3 aromatic rings. The van der Waals surface area contributed by atoms with Crippen molar-refractivity contribution >= 4 is 22.5 Å². The highest BCUT2D eigenvalue weighted by Crippen LogP contribution is 2.37. The summed E-state index contributed by atoms with van der Waals surface area (Å²) in [5.74, 6) is -5.00. The Morgan fingerprint density at radius 3 is 2.50 bits per heavy atom. The van der Waals surface area contributed by atoms with Crippen LogP contribution in [0.15, 0.2) is 35.1 Å². The van der Waals surface area contributed by atoms with E-state index in [2.05, 4.69) is 10.3 Å². The van der Waals surface area contributed by atoms with E-state index in [4.69, 9.17) is 0 Å². The van der Waals surface area contributed by atoms with E-state index in [-0.39, 0.29) is 11.1 Å². The summed E-state index contributed by atoms with van der Waals surface area (Å²) in [5.41, 5.74) is 0.722. The van der Waals surface area contributed by atoms with Crippen LogP contribution in [-0.2, 0) is 6.42 Å². The summed E-state index contributed by atoms with van der Waals surface area (Å²) < 4.78 is 53.7. The Balaban J connectivity index is 1.70. The van der Waals surface area contributed by atoms with Crippen LogP contribution in [0.4, 0.5) is 28.0 Å². The van der Waals surface area contributed by atoms with Gasteiger partial charge in [0.05, 0.1) is 11.4 Å². The second-order valence-electron chi connectivity index (χ2n) is 7.24. The summed E-state index contributed by atoms with van der Waals surface area (Å²) in [6.07, 6.45) is 1.86. The molecule has 0 aliphatic heterocycles. The number of aryl methyl sites for hydroxylation is 1. The van der Waals surface area contributed by atoms with Gasteiger partial charge in [0.1, 0.15) is 5.82 Å². The van der Waals surface area contributed by atoms with Crippen molar-refractivity contribution < 1.29 is 22.4 Å². The minimum Gasteiger partial charge on any atom is -0.325 e. The first-order valence-electron chi connectivity index (χ1n) is 9.29. The largest absolute Gasteiger partial charge is 0.325 e. The van der Waals surface area contributed by atoms with Crippen molar-refractivity contribution in [1.29, 1.82) is 0 Å². The molecule has 5 nitrogen and oxygen atoms in total. The summed E-state index contributed by atoms with van der Waals surface area (Å²) >= 11 is 0. The third kappa shape index (κ3) is 3.40. The molecule has 0 bridgehead atoms. The van der Waals surface area contributed by atoms with Crippen LogP contribution in [0.1, 0.15) is 30.1 Å². The van der Waals surface area contributed by atoms with E-state index in [0.29, 0.717) is 48.0 Å². The normalized spacial score (nSPS) is 15.7. The molecule has 0 radical (unpaired) electrons. The fraction of sp³-hybridized carbons (Fsp3) is 0.238. The second kappa shape index (κ2) is 7.47. The molecule has 2 N–H and O–H groups in total. The number of halogens is 4. The van der Waals surface area contributed by atoms with Gasteiger partial charge in [-0.3, -0.25) is 4.79 Å². The standard InChI is InChI=1S/C21H17F4N3O2/c1-28(21(30)26-11-8-14(23)19(25)15(24)9-11)17-4-2-3-16-18(17)12-6-5-10(22)7-13(12)20(29)27-16/h5-9,17H,2-4H2,1H3,(H,26,30)(H,27,29)/t17-/m1/s1. The zero-order valence-corrected chi connectivity index (χ0v) is 15.9. The molecule has 1 heterocycles. The van der Waals surface area contributed by atoms with Gasteiger partial charge < -0.3 is 15.2 Å². The van der Waals surface area contributed by atoms with Crippen LogP contribution in [0.2, 0.25) is 0 Å². The molecule has 0 spiro atoms. The minimum atomic E-state index is -1.62. The van der Waals surface area contributed by atoms with E-state index < -0.39 is 40.9 Å². The Morgan fingerprint density at radius 2 is 1.80 bits per heavy atom. The quantitative estimate of drug-likeness (QED) is 0.470. The SMILES string of the molecule is CN(C(=O)Nc1cc(F)c(F)c(F)c1)[C@@H]1CCCc2[nH]c(=O)c3cc(F)ccc3c21. The predicted molar refractivity (Wildman–Crippen MR) is 103 cm³/mol. The lowest BCUT2D eigenvalue weighted by atomic mass is 9.87. The first kappa shape index (κ1) is 19.9. The number of carbonyl (C=O) groups excluding carboxylic acids is 1. The maximum Gasteiger partial charge on any atom is 0.322 e. The van der Waals surface area contributed by atoms with E-state index in [0.717, 1.165) is 6.07 Å². The van der Waals surface area contributed by atoms with Gasteiger partial charge in [-0.25, -0.2) is 22.4 Å². The van der Waals surface area contributed by atoms with E-state index in [1.54, 1.807) is 0 Å². The molecule has 156 valence electrons. The Labute approximate surface area is 168 Å². The fourth-order valence-corrected chi connectivity index (χ4v) is 3.94. The topological polar surface area (TPSA) is 65.2 Å². The van der Waals surface area contributed by atoms with Crippen molar-refractivity contribution in [2.45, 2.75) is 25.3 Å². The molecule has 1 aliphatic rings. The molecule has 1 aliphatic carbocycles. The van der Waals surface area contributed by atoms with Crippen LogP contribution in [0.5, 0.6) is 0 Å². The molecular formula is C21H17F4N3O2. The number of nitrogens with zero attached hydrogens (tertiary/aromatic N) is 1. The molecule has 2 aromatic carbocycles. The van der Waals surface area contributed by atoms with E-state index >= 15 is 0 Å². The van der Waals surface area contributed by atoms with Crippen molar-refractivity contribution in [2.24, 2.45) is 0 Å². The third-order valence-corrected chi connectivity index (χ3v) is 5.37. The van der Waals surface area contributed by atoms with Gasteiger partial charge in [-0.2, -0.15) is 0 Å². The number of amides is 2. The lowest BCUT2D eigenvalue weighted by Crippen LogP contribution is -2.37. The molecular weight excluding hydrogens is 402 g/mol. The third-order valence-electron chi connectivity index (χ3n) is 5.37. The highest BCUT2D eigenvalue weighted by Gasteiger charge is 2.30. The number of benzene rings is 2. The Kier molecular flexibility index (Phi) is 4.97. The van der Waals surface area contributed by atoms with Crippen molar-refractivity contribution in [3.8, 4) is 0 Å². The number of aromatic amines is 1. The zero-order valence-electron chi connectivity index (χ0n) is 15.9. The van der Waals surface area contributed by atoms with Gasteiger partial charge in [-0.15, -0.1) is 0 Å². The van der Waals surface area contributed by atoms with Crippen molar-refractivity contribution in [3.63, 3.8) is 0 Å². The number of urea groups is 1. The second-order valence-corrected chi connectivity index (χ2v) is 7.24. The van der Waals surface area contributed by atoms with Gasteiger partial charge in [-0.05, 0) is 36.8 Å². The molecule has 2 amide bonds. The number of pyridine rings is 1. The summed E-state index contributed by atoms with van der Waals surface area (Å²) in [6.45, 7) is 0. The van der Waals surface area contributed by atoms with Gasteiger partial charge in [0.2, 0.25) is 0 Å². The highest BCUT2D eigenvalue weighted by molar-refractivity contribution is 5.91. The Bertz CT molecular complexity index is 1200. The number of hydrogen-bond acceptors (Lipinski definition) is 2. The number of rotatable bonds is 2. The maximum absolute atomic E-state index is 13.7. The molecule has 4 rings (SSSR count). The van der Waals surface area contributed by atoms with Gasteiger partial charge in [0, 0.05) is 36.1 Å². The number of carbonyl (C=O) groups is 1. The molecule has 0 saturated heterocycles. The highest BCUT2D eigenvalue weighted by atomic mass is 19.2. The molecule has 0 fully saturated rings. The molecule has 0 unspecified atom stereocenters. The fourth-order valence-electron chi connectivity index (χ4n) is 3.94. The van der Waals surface area contributed by atoms with Crippen LogP contribution >= 0.6 is 0 Å². The summed E-state index contributed by atoms with van der Waals surface area (Å²) in [5, 5.41) is 3.07. The summed E-state index contributed by atoms with van der Waals surface area (Å²) in [7, 11) is 1.51. The first-order valence-corrected chi connectivity index (χ1v) is 9.29. The van der Waals surface area contributed by atoms with E-state index in [1.165, 1.54) is 24.1 Å². The van der Waals surface area contributed by atoms with Gasteiger partial charge in [0.15, 0.2) is 17.5 Å². The number of H-pyrrole nitrogens is 1. The maximum atomic E-state index is 13.7. The van der Waals surface area contributed by atoms with Crippen LogP contribution in [0.25, 0.3) is 10.8 Å². The number of aromatic nitrogens is 1. The van der Waals surface area contributed by atoms with Crippen molar-refractivity contribution in [1.82, 2.24) is 9.88 Å². The summed E-state index contributed by atoms with van der Waals surface area (Å²) in [6, 6.07) is 4.15. The number of anilines is 1. The molecule has 1 atom stereocenters. The monoisotopic (exact) mass is 419 g/mol.